The van der Waals surface area contributed by atoms with Crippen molar-refractivity contribution in [3.8, 4) is 11.5 Å². The van der Waals surface area contributed by atoms with Crippen LogP contribution in [-0.2, 0) is 0 Å². The summed E-state index contributed by atoms with van der Waals surface area (Å²) in [6.45, 7) is 4.85. The third-order valence-corrected chi connectivity index (χ3v) is 3.84. The van der Waals surface area contributed by atoms with Crippen molar-refractivity contribution in [1.29, 1.82) is 0 Å². The number of ether oxygens (including phenoxy) is 2. The summed E-state index contributed by atoms with van der Waals surface area (Å²) in [5.41, 5.74) is 1.16. The summed E-state index contributed by atoms with van der Waals surface area (Å²) in [6, 6.07) is 9.62. The van der Waals surface area contributed by atoms with E-state index in [1.54, 1.807) is 6.07 Å². The zero-order valence-electron chi connectivity index (χ0n) is 12.1. The molecule has 2 aromatic rings. The molecule has 112 valence electrons. The second-order valence-electron chi connectivity index (χ2n) is 4.72. The topological polar surface area (TPSA) is 55.8 Å². The highest BCUT2D eigenvalue weighted by Crippen LogP contribution is 2.28. The van der Waals surface area contributed by atoms with Gasteiger partial charge < -0.3 is 14.6 Å². The second kappa shape index (κ2) is 7.13. The van der Waals surface area contributed by atoms with Gasteiger partial charge in [-0.15, -0.1) is 11.3 Å². The van der Waals surface area contributed by atoms with E-state index < -0.39 is 5.97 Å². The van der Waals surface area contributed by atoms with Crippen LogP contribution in [0.2, 0.25) is 0 Å². The van der Waals surface area contributed by atoms with E-state index in [2.05, 4.69) is 0 Å². The smallest absolute Gasteiger partial charge is 0.349 e. The Morgan fingerprint density at radius 2 is 1.95 bits per heavy atom. The summed E-state index contributed by atoms with van der Waals surface area (Å²) < 4.78 is 11.1. The first kappa shape index (κ1) is 15.4. The average molecular weight is 306 g/mol. The molecule has 2 rings (SSSR count). The monoisotopic (exact) mass is 306 g/mol. The van der Waals surface area contributed by atoms with E-state index in [0.29, 0.717) is 25.4 Å². The molecule has 1 heterocycles. The average Bonchev–Trinajstić information content (AvgIpc) is 2.80. The zero-order valence-corrected chi connectivity index (χ0v) is 12.9. The van der Waals surface area contributed by atoms with Crippen LogP contribution in [0.3, 0.4) is 0 Å². The van der Waals surface area contributed by atoms with E-state index in [9.17, 15) is 4.79 Å². The molecule has 0 saturated heterocycles. The fraction of sp³-hybridized carbons (Fsp3) is 0.312. The van der Waals surface area contributed by atoms with E-state index in [1.165, 1.54) is 11.3 Å². The van der Waals surface area contributed by atoms with E-state index in [0.717, 1.165) is 16.2 Å². The van der Waals surface area contributed by atoms with Crippen LogP contribution in [-0.4, -0.2) is 24.3 Å². The Bertz CT molecular complexity index is 618. The molecule has 1 aromatic heterocycles. The van der Waals surface area contributed by atoms with Crippen LogP contribution < -0.4 is 9.47 Å². The number of aromatic carboxylic acids is 1. The van der Waals surface area contributed by atoms with Gasteiger partial charge >= 0.3 is 5.97 Å². The predicted octanol–water partition coefficient (Wildman–Crippen LogP) is 3.91. The Kier molecular flexibility index (Phi) is 5.22. The van der Waals surface area contributed by atoms with E-state index in [-0.39, 0.29) is 4.88 Å². The second-order valence-corrected chi connectivity index (χ2v) is 5.98. The summed E-state index contributed by atoms with van der Waals surface area (Å²) in [7, 11) is 0. The molecule has 0 fully saturated rings. The summed E-state index contributed by atoms with van der Waals surface area (Å²) in [6.07, 6.45) is 0.696. The number of thiophene rings is 1. The van der Waals surface area contributed by atoms with Gasteiger partial charge in [0.1, 0.15) is 11.5 Å². The molecule has 0 saturated carbocycles. The Morgan fingerprint density at radius 3 is 2.67 bits per heavy atom. The van der Waals surface area contributed by atoms with Gasteiger partial charge in [0.05, 0.1) is 13.2 Å². The fourth-order valence-electron chi connectivity index (χ4n) is 1.88. The zero-order chi connectivity index (χ0) is 15.2. The van der Waals surface area contributed by atoms with Crippen molar-refractivity contribution in [3.05, 3.63) is 45.6 Å². The normalized spacial score (nSPS) is 10.4. The molecule has 0 radical (unpaired) electrons. The number of hydrogen-bond acceptors (Lipinski definition) is 4. The van der Waals surface area contributed by atoms with Crippen molar-refractivity contribution in [2.75, 3.05) is 13.2 Å². The number of rotatable bonds is 7. The van der Waals surface area contributed by atoms with E-state index >= 15 is 0 Å². The quantitative estimate of drug-likeness (QED) is 0.788. The molecular weight excluding hydrogens is 288 g/mol. The maximum absolute atomic E-state index is 11.0. The maximum atomic E-state index is 11.0. The standard InChI is InChI=1S/C16H18O4S/c1-11-5-3-6-13(9-11)19-7-4-8-20-14-10-12(2)21-15(14)16(17)18/h3,5-6,9-10H,4,7-8H2,1-2H3,(H,17,18). The van der Waals surface area contributed by atoms with Crippen LogP contribution in [0, 0.1) is 13.8 Å². The molecule has 21 heavy (non-hydrogen) atoms. The van der Waals surface area contributed by atoms with Crippen LogP contribution in [0.4, 0.5) is 0 Å². The number of hydrogen-bond donors (Lipinski definition) is 1. The Hall–Kier alpha value is -2.01. The van der Waals surface area contributed by atoms with Crippen molar-refractivity contribution in [2.45, 2.75) is 20.3 Å². The van der Waals surface area contributed by atoms with Crippen LogP contribution in [0.1, 0.15) is 26.5 Å². The van der Waals surface area contributed by atoms with Crippen molar-refractivity contribution < 1.29 is 19.4 Å². The third-order valence-electron chi connectivity index (χ3n) is 2.82. The molecule has 0 aliphatic rings. The van der Waals surface area contributed by atoms with Crippen LogP contribution >= 0.6 is 11.3 Å². The highest BCUT2D eigenvalue weighted by Gasteiger charge is 2.14. The lowest BCUT2D eigenvalue weighted by atomic mass is 10.2. The number of carboxylic acid groups (broad SMARTS) is 1. The van der Waals surface area contributed by atoms with Gasteiger partial charge in [0.2, 0.25) is 0 Å². The van der Waals surface area contributed by atoms with Crippen molar-refractivity contribution in [1.82, 2.24) is 0 Å². The van der Waals surface area contributed by atoms with Crippen LogP contribution in [0.25, 0.3) is 0 Å². The lowest BCUT2D eigenvalue weighted by Crippen LogP contribution is -2.06. The Morgan fingerprint density at radius 1 is 1.19 bits per heavy atom. The minimum absolute atomic E-state index is 0.257. The summed E-state index contributed by atoms with van der Waals surface area (Å²) in [5.74, 6) is 0.340. The fourth-order valence-corrected chi connectivity index (χ4v) is 2.68. The maximum Gasteiger partial charge on any atom is 0.349 e. The Balaban J connectivity index is 1.76. The van der Waals surface area contributed by atoms with Gasteiger partial charge in [-0.25, -0.2) is 4.79 Å². The molecule has 1 N–H and O–H groups in total. The molecule has 0 aliphatic carbocycles. The van der Waals surface area contributed by atoms with E-state index in [1.807, 2.05) is 38.1 Å². The van der Waals surface area contributed by atoms with Crippen molar-refractivity contribution >= 4 is 17.3 Å². The van der Waals surface area contributed by atoms with Gasteiger partial charge in [0.15, 0.2) is 4.88 Å². The lowest BCUT2D eigenvalue weighted by Gasteiger charge is -2.08. The minimum Gasteiger partial charge on any atom is -0.493 e. The van der Waals surface area contributed by atoms with Gasteiger partial charge in [0, 0.05) is 11.3 Å². The lowest BCUT2D eigenvalue weighted by molar-refractivity contribution is 0.0698. The highest BCUT2D eigenvalue weighted by molar-refractivity contribution is 7.14. The van der Waals surface area contributed by atoms with Crippen molar-refractivity contribution in [3.63, 3.8) is 0 Å². The number of carboxylic acids is 1. The number of carbonyl (C=O) groups is 1. The third kappa shape index (κ3) is 4.49. The van der Waals surface area contributed by atoms with Gasteiger partial charge in [0.25, 0.3) is 0 Å². The molecule has 0 unspecified atom stereocenters. The molecule has 0 bridgehead atoms. The first-order valence-corrected chi connectivity index (χ1v) is 7.54. The number of benzene rings is 1. The largest absolute Gasteiger partial charge is 0.493 e. The molecule has 5 heteroatoms. The SMILES string of the molecule is Cc1cccc(OCCCOc2cc(C)sc2C(=O)O)c1. The van der Waals surface area contributed by atoms with Crippen molar-refractivity contribution in [2.24, 2.45) is 0 Å². The molecule has 4 nitrogen and oxygen atoms in total. The summed E-state index contributed by atoms with van der Waals surface area (Å²) >= 11 is 1.23. The minimum atomic E-state index is -0.945. The van der Waals surface area contributed by atoms with Crippen LogP contribution in [0.5, 0.6) is 11.5 Å². The van der Waals surface area contributed by atoms with Gasteiger partial charge in [-0.1, -0.05) is 12.1 Å². The van der Waals surface area contributed by atoms with Gasteiger partial charge in [-0.05, 0) is 37.6 Å². The molecule has 0 amide bonds. The summed E-state index contributed by atoms with van der Waals surface area (Å²) in [5, 5.41) is 9.06. The first-order chi connectivity index (χ1) is 10.1. The molecule has 1 aromatic carbocycles. The first-order valence-electron chi connectivity index (χ1n) is 6.72. The summed E-state index contributed by atoms with van der Waals surface area (Å²) in [4.78, 5) is 12.2. The molecule has 0 spiro atoms. The predicted molar refractivity (Wildman–Crippen MR) is 82.8 cm³/mol. The van der Waals surface area contributed by atoms with Crippen LogP contribution in [0.15, 0.2) is 30.3 Å². The van der Waals surface area contributed by atoms with Gasteiger partial charge in [-0.2, -0.15) is 0 Å². The Labute approximate surface area is 128 Å². The molecule has 0 atom stereocenters. The van der Waals surface area contributed by atoms with E-state index in [4.69, 9.17) is 14.6 Å². The molecule has 0 aliphatic heterocycles. The highest BCUT2D eigenvalue weighted by atomic mass is 32.1. The number of aryl methyl sites for hydroxylation is 2. The molecular formula is C16H18O4S. The van der Waals surface area contributed by atoms with Gasteiger partial charge in [-0.3, -0.25) is 0 Å².